The summed E-state index contributed by atoms with van der Waals surface area (Å²) < 4.78 is 27.8. The van der Waals surface area contributed by atoms with E-state index in [4.69, 9.17) is 83.2 Å². The molecule has 140 valence electrons. The molecule has 0 saturated heterocycles. The molecule has 0 heterocycles. The van der Waals surface area contributed by atoms with Crippen molar-refractivity contribution >= 4 is 77.4 Å². The number of hydrogen-bond acceptors (Lipinski definition) is 7. The van der Waals surface area contributed by atoms with Gasteiger partial charge in [-0.1, -0.05) is 69.6 Å². The van der Waals surface area contributed by atoms with Gasteiger partial charge in [-0.3, -0.25) is 29.5 Å². The zero-order chi connectivity index (χ0) is 17.7. The molecule has 14 heteroatoms. The van der Waals surface area contributed by atoms with E-state index in [-0.39, 0.29) is 39.5 Å². The van der Waals surface area contributed by atoms with Crippen molar-refractivity contribution in [2.24, 2.45) is 0 Å². The summed E-state index contributed by atoms with van der Waals surface area (Å²) in [7, 11) is -3.78. The van der Waals surface area contributed by atoms with Crippen molar-refractivity contribution in [3.05, 3.63) is 0 Å². The number of phosphoric ester groups is 1. The summed E-state index contributed by atoms with van der Waals surface area (Å²) in [4.78, 5) is -2.29. The first kappa shape index (κ1) is 24.7. The summed E-state index contributed by atoms with van der Waals surface area (Å²) in [5.74, 6) is 0. The Hall–Kier alpha value is 1.73. The SMILES string of the molecule is O=P(OCCNC(Cl)Cl)(OCCNC(Cl)Cl)OCCNC(Cl)Cl. The normalized spacial score (nSPS) is 12.7. The number of hydrogen-bond donors (Lipinski definition) is 3. The topological polar surface area (TPSA) is 80.9 Å². The van der Waals surface area contributed by atoms with Gasteiger partial charge in [0.05, 0.1) is 19.8 Å². The fraction of sp³-hybridized carbons (Fsp3) is 1.00. The molecule has 0 aromatic heterocycles. The third-order valence-corrected chi connectivity index (χ3v) is 4.37. The summed E-state index contributed by atoms with van der Waals surface area (Å²) in [6, 6.07) is 0. The first-order chi connectivity index (χ1) is 10.7. The molecule has 0 unspecified atom stereocenters. The Morgan fingerprint density at radius 3 is 1.13 bits per heavy atom. The van der Waals surface area contributed by atoms with E-state index >= 15 is 0 Å². The molecular weight excluding hydrogens is 458 g/mol. The van der Waals surface area contributed by atoms with Gasteiger partial charge >= 0.3 is 7.82 Å². The molecular formula is C9H18Cl6N3O4P. The van der Waals surface area contributed by atoms with Crippen LogP contribution in [0.5, 0.6) is 0 Å². The number of rotatable bonds is 15. The van der Waals surface area contributed by atoms with E-state index in [2.05, 4.69) is 16.0 Å². The van der Waals surface area contributed by atoms with Crippen LogP contribution in [0.25, 0.3) is 0 Å². The van der Waals surface area contributed by atoms with Crippen LogP contribution >= 0.6 is 77.4 Å². The summed E-state index contributed by atoms with van der Waals surface area (Å²) in [6.45, 7) is 0.783. The standard InChI is InChI=1S/C9H18Cl6N3O4P/c10-7(11)16-1-4-20-23(19,21-5-2-17-8(12)13)22-6-3-18-9(14)15/h7-9,16-18H,1-6H2. The highest BCUT2D eigenvalue weighted by Crippen LogP contribution is 2.48. The van der Waals surface area contributed by atoms with Gasteiger partial charge in [0.2, 0.25) is 0 Å². The molecule has 0 aliphatic heterocycles. The molecule has 0 aliphatic carbocycles. The molecule has 0 fully saturated rings. The van der Waals surface area contributed by atoms with Crippen molar-refractivity contribution in [1.29, 1.82) is 0 Å². The van der Waals surface area contributed by atoms with E-state index in [0.717, 1.165) is 0 Å². The molecule has 23 heavy (non-hydrogen) atoms. The molecule has 3 N–H and O–H groups in total. The number of nitrogens with one attached hydrogen (secondary N) is 3. The van der Waals surface area contributed by atoms with Gasteiger partial charge in [0.15, 0.2) is 14.9 Å². The Labute approximate surface area is 165 Å². The second kappa shape index (κ2) is 14.9. The highest BCUT2D eigenvalue weighted by atomic mass is 35.5. The highest BCUT2D eigenvalue weighted by molar-refractivity contribution is 7.48. The summed E-state index contributed by atoms with van der Waals surface area (Å²) in [5, 5.41) is 7.98. The van der Waals surface area contributed by atoms with Crippen LogP contribution in [0, 0.1) is 0 Å². The minimum Gasteiger partial charge on any atom is -0.287 e. The predicted molar refractivity (Wildman–Crippen MR) is 96.0 cm³/mol. The summed E-state index contributed by atoms with van der Waals surface area (Å²) in [5.41, 5.74) is 0. The van der Waals surface area contributed by atoms with Gasteiger partial charge in [0.1, 0.15) is 0 Å². The fourth-order valence-corrected chi connectivity index (χ4v) is 2.91. The van der Waals surface area contributed by atoms with E-state index in [9.17, 15) is 4.57 Å². The van der Waals surface area contributed by atoms with Gasteiger partial charge in [0.25, 0.3) is 0 Å². The maximum atomic E-state index is 12.4. The molecule has 0 saturated carbocycles. The second-order valence-electron chi connectivity index (χ2n) is 3.71. The number of phosphoric acid groups is 1. The quantitative estimate of drug-likeness (QED) is 0.145. The Bertz CT molecular complexity index is 295. The Morgan fingerprint density at radius 2 is 0.913 bits per heavy atom. The van der Waals surface area contributed by atoms with E-state index in [1.165, 1.54) is 0 Å². The van der Waals surface area contributed by atoms with Crippen molar-refractivity contribution in [2.75, 3.05) is 39.5 Å². The van der Waals surface area contributed by atoms with E-state index in [1.54, 1.807) is 0 Å². The van der Waals surface area contributed by atoms with Crippen molar-refractivity contribution in [2.45, 2.75) is 14.9 Å². The van der Waals surface area contributed by atoms with Crippen molar-refractivity contribution in [3.8, 4) is 0 Å². The average molecular weight is 476 g/mol. The number of alkyl halides is 6. The Morgan fingerprint density at radius 1 is 0.652 bits per heavy atom. The van der Waals surface area contributed by atoms with Crippen LogP contribution in [-0.2, 0) is 18.1 Å². The molecule has 0 bridgehead atoms. The van der Waals surface area contributed by atoms with E-state index in [1.807, 2.05) is 0 Å². The largest absolute Gasteiger partial charge is 0.474 e. The van der Waals surface area contributed by atoms with Crippen LogP contribution in [0.4, 0.5) is 0 Å². The molecule has 0 aromatic rings. The third kappa shape index (κ3) is 16.9. The lowest BCUT2D eigenvalue weighted by Crippen LogP contribution is -2.26. The van der Waals surface area contributed by atoms with Crippen molar-refractivity contribution in [1.82, 2.24) is 16.0 Å². The molecule has 0 aliphatic rings. The minimum atomic E-state index is -3.78. The predicted octanol–water partition coefficient (Wildman–Crippen LogP) is 3.20. The molecule has 0 radical (unpaired) electrons. The minimum absolute atomic E-state index is 0.00928. The number of halogens is 6. The van der Waals surface area contributed by atoms with Gasteiger partial charge < -0.3 is 0 Å². The summed E-state index contributed by atoms with van der Waals surface area (Å²) >= 11 is 33.0. The second-order valence-corrected chi connectivity index (χ2v) is 8.67. The van der Waals surface area contributed by atoms with Gasteiger partial charge in [-0.25, -0.2) is 4.57 Å². The van der Waals surface area contributed by atoms with Crippen LogP contribution in [0.15, 0.2) is 0 Å². The third-order valence-electron chi connectivity index (χ3n) is 1.95. The average Bonchev–Trinajstić information content (AvgIpc) is 2.44. The Kier molecular flexibility index (Phi) is 16.0. The lowest BCUT2D eigenvalue weighted by atomic mass is 10.7. The molecule has 0 rings (SSSR count). The fourth-order valence-electron chi connectivity index (χ4n) is 1.09. The first-order valence-corrected chi connectivity index (χ1v) is 10.4. The van der Waals surface area contributed by atoms with Gasteiger partial charge in [-0.2, -0.15) is 0 Å². The molecule has 0 aromatic carbocycles. The maximum Gasteiger partial charge on any atom is 0.474 e. The van der Waals surface area contributed by atoms with Gasteiger partial charge in [0, 0.05) is 19.6 Å². The maximum absolute atomic E-state index is 12.4. The molecule has 0 spiro atoms. The van der Waals surface area contributed by atoms with Crippen LogP contribution in [0.3, 0.4) is 0 Å². The van der Waals surface area contributed by atoms with Gasteiger partial charge in [-0.05, 0) is 0 Å². The smallest absolute Gasteiger partial charge is 0.287 e. The van der Waals surface area contributed by atoms with Crippen LogP contribution in [0.2, 0.25) is 0 Å². The van der Waals surface area contributed by atoms with Gasteiger partial charge in [-0.15, -0.1) is 0 Å². The Balaban J connectivity index is 4.19. The van der Waals surface area contributed by atoms with Crippen LogP contribution in [0.1, 0.15) is 0 Å². The molecule has 7 nitrogen and oxygen atoms in total. The zero-order valence-electron chi connectivity index (χ0n) is 11.8. The van der Waals surface area contributed by atoms with Crippen molar-refractivity contribution in [3.63, 3.8) is 0 Å². The summed E-state index contributed by atoms with van der Waals surface area (Å²) in [6.07, 6.45) is 0. The van der Waals surface area contributed by atoms with E-state index < -0.39 is 22.7 Å². The molecule has 0 atom stereocenters. The first-order valence-electron chi connectivity index (χ1n) is 6.33. The lowest BCUT2D eigenvalue weighted by molar-refractivity contribution is 0.115. The van der Waals surface area contributed by atoms with E-state index in [0.29, 0.717) is 0 Å². The van der Waals surface area contributed by atoms with Crippen LogP contribution < -0.4 is 16.0 Å². The van der Waals surface area contributed by atoms with Crippen molar-refractivity contribution < 1.29 is 18.1 Å². The van der Waals surface area contributed by atoms with Crippen LogP contribution in [-0.4, -0.2) is 54.3 Å². The monoisotopic (exact) mass is 473 g/mol. The molecule has 0 amide bonds. The highest BCUT2D eigenvalue weighted by Gasteiger charge is 2.26. The zero-order valence-corrected chi connectivity index (χ0v) is 17.3. The lowest BCUT2D eigenvalue weighted by Gasteiger charge is -2.19.